The Kier molecular flexibility index (Phi) is 7.60. The second-order valence-corrected chi connectivity index (χ2v) is 9.01. The number of hydrogen-bond donors (Lipinski definition) is 2. The summed E-state index contributed by atoms with van der Waals surface area (Å²) in [6, 6.07) is 16.6. The molecule has 38 heavy (non-hydrogen) atoms. The fourth-order valence-electron chi connectivity index (χ4n) is 4.13. The van der Waals surface area contributed by atoms with Crippen molar-refractivity contribution in [2.45, 2.75) is 19.8 Å². The number of nitrogens with zero attached hydrogens (tertiary/aromatic N) is 3. The van der Waals surface area contributed by atoms with Crippen LogP contribution in [-0.4, -0.2) is 39.0 Å². The lowest BCUT2D eigenvalue weighted by atomic mass is 10.0. The van der Waals surface area contributed by atoms with E-state index in [1.807, 2.05) is 13.0 Å². The Labute approximate surface area is 224 Å². The molecule has 0 spiro atoms. The van der Waals surface area contributed by atoms with Crippen molar-refractivity contribution >= 4 is 28.5 Å². The molecule has 0 bridgehead atoms. The first-order chi connectivity index (χ1) is 18.5. The molecule has 9 heteroatoms. The number of aromatic amines is 1. The number of fused-ring (bicyclic) bond motifs is 1. The molecule has 192 valence electrons. The predicted octanol–water partition coefficient (Wildman–Crippen LogP) is 6.24. The number of amides is 1. The van der Waals surface area contributed by atoms with Crippen LogP contribution in [-0.2, 0) is 6.42 Å². The van der Waals surface area contributed by atoms with E-state index in [-0.39, 0.29) is 11.7 Å². The van der Waals surface area contributed by atoms with Crippen molar-refractivity contribution in [2.75, 3.05) is 13.2 Å². The van der Waals surface area contributed by atoms with Gasteiger partial charge < -0.3 is 15.0 Å². The van der Waals surface area contributed by atoms with Gasteiger partial charge in [-0.1, -0.05) is 11.6 Å². The van der Waals surface area contributed by atoms with Crippen molar-refractivity contribution in [2.24, 2.45) is 0 Å². The lowest BCUT2D eigenvalue weighted by Crippen LogP contribution is -2.24. The SMILES string of the molecule is CCOc1ccc(Cl)c(-c2nc3cc(C(=O)NCCCc4ncc[nH]4)ccc3nc2-c2ccc(F)cc2)c1. The number of rotatable bonds is 9. The predicted molar refractivity (Wildman–Crippen MR) is 146 cm³/mol. The van der Waals surface area contributed by atoms with Gasteiger partial charge in [0.15, 0.2) is 0 Å². The van der Waals surface area contributed by atoms with Gasteiger partial charge in [0.1, 0.15) is 17.4 Å². The maximum absolute atomic E-state index is 13.7. The topological polar surface area (TPSA) is 92.8 Å². The van der Waals surface area contributed by atoms with Gasteiger partial charge in [-0.15, -0.1) is 0 Å². The van der Waals surface area contributed by atoms with Crippen LogP contribution in [0.1, 0.15) is 29.5 Å². The molecular weight excluding hydrogens is 505 g/mol. The molecule has 7 nitrogen and oxygen atoms in total. The van der Waals surface area contributed by atoms with Crippen LogP contribution < -0.4 is 10.1 Å². The second kappa shape index (κ2) is 11.4. The average Bonchev–Trinajstić information content (AvgIpc) is 3.45. The first kappa shape index (κ1) is 25.4. The van der Waals surface area contributed by atoms with Crippen LogP contribution in [0.15, 0.2) is 73.1 Å². The van der Waals surface area contributed by atoms with E-state index in [0.29, 0.717) is 63.0 Å². The molecule has 0 unspecified atom stereocenters. The number of aromatic nitrogens is 4. The first-order valence-corrected chi connectivity index (χ1v) is 12.7. The molecule has 2 N–H and O–H groups in total. The molecule has 0 saturated heterocycles. The van der Waals surface area contributed by atoms with E-state index in [1.54, 1.807) is 54.9 Å². The Balaban J connectivity index is 1.50. The Morgan fingerprint density at radius 3 is 2.61 bits per heavy atom. The highest BCUT2D eigenvalue weighted by atomic mass is 35.5. The molecule has 0 atom stereocenters. The maximum atomic E-state index is 13.7. The van der Waals surface area contributed by atoms with Crippen LogP contribution in [0.4, 0.5) is 4.39 Å². The highest BCUT2D eigenvalue weighted by molar-refractivity contribution is 6.33. The zero-order valence-electron chi connectivity index (χ0n) is 20.7. The van der Waals surface area contributed by atoms with Crippen LogP contribution in [0.25, 0.3) is 33.5 Å². The zero-order chi connectivity index (χ0) is 26.5. The van der Waals surface area contributed by atoms with Gasteiger partial charge in [0.25, 0.3) is 5.91 Å². The Morgan fingerprint density at radius 1 is 1.03 bits per heavy atom. The average molecular weight is 530 g/mol. The summed E-state index contributed by atoms with van der Waals surface area (Å²) in [5.74, 6) is 0.979. The minimum Gasteiger partial charge on any atom is -0.494 e. The minimum atomic E-state index is -0.347. The van der Waals surface area contributed by atoms with Crippen molar-refractivity contribution in [3.63, 3.8) is 0 Å². The van der Waals surface area contributed by atoms with Gasteiger partial charge >= 0.3 is 0 Å². The summed E-state index contributed by atoms with van der Waals surface area (Å²) in [7, 11) is 0. The van der Waals surface area contributed by atoms with E-state index in [1.165, 1.54) is 12.1 Å². The Bertz CT molecular complexity index is 1570. The van der Waals surface area contributed by atoms with Gasteiger partial charge in [-0.2, -0.15) is 0 Å². The van der Waals surface area contributed by atoms with Gasteiger partial charge in [-0.3, -0.25) is 4.79 Å². The van der Waals surface area contributed by atoms with Crippen LogP contribution in [0.5, 0.6) is 5.75 Å². The number of aryl methyl sites for hydroxylation is 1. The van der Waals surface area contributed by atoms with Gasteiger partial charge in [-0.25, -0.2) is 19.3 Å². The molecule has 3 aromatic carbocycles. The number of imidazole rings is 1. The monoisotopic (exact) mass is 529 g/mol. The highest BCUT2D eigenvalue weighted by Crippen LogP contribution is 2.37. The third-order valence-corrected chi connectivity index (χ3v) is 6.31. The van der Waals surface area contributed by atoms with E-state index in [0.717, 1.165) is 18.7 Å². The molecule has 0 radical (unpaired) electrons. The maximum Gasteiger partial charge on any atom is 0.251 e. The fourth-order valence-corrected chi connectivity index (χ4v) is 4.34. The molecule has 0 aliphatic carbocycles. The molecule has 2 aromatic heterocycles. The number of hydrogen-bond acceptors (Lipinski definition) is 5. The van der Waals surface area contributed by atoms with Crippen LogP contribution in [0.2, 0.25) is 5.02 Å². The summed E-state index contributed by atoms with van der Waals surface area (Å²) in [4.78, 5) is 29.8. The smallest absolute Gasteiger partial charge is 0.251 e. The number of nitrogens with one attached hydrogen (secondary N) is 2. The van der Waals surface area contributed by atoms with Gasteiger partial charge in [-0.05, 0) is 74.0 Å². The van der Waals surface area contributed by atoms with Crippen molar-refractivity contribution in [1.82, 2.24) is 25.3 Å². The number of ether oxygens (including phenoxy) is 1. The Hall–Kier alpha value is -4.30. The van der Waals surface area contributed by atoms with E-state index in [2.05, 4.69) is 15.3 Å². The highest BCUT2D eigenvalue weighted by Gasteiger charge is 2.18. The second-order valence-electron chi connectivity index (χ2n) is 8.60. The van der Waals surface area contributed by atoms with Gasteiger partial charge in [0.05, 0.1) is 34.1 Å². The summed E-state index contributed by atoms with van der Waals surface area (Å²) in [5.41, 5.74) is 3.96. The summed E-state index contributed by atoms with van der Waals surface area (Å²) in [6.07, 6.45) is 4.99. The van der Waals surface area contributed by atoms with Gasteiger partial charge in [0, 0.05) is 42.0 Å². The number of halogens is 2. The molecule has 5 rings (SSSR count). The minimum absolute atomic E-state index is 0.200. The number of H-pyrrole nitrogens is 1. The molecule has 0 fully saturated rings. The summed E-state index contributed by atoms with van der Waals surface area (Å²) >= 11 is 6.60. The molecular formula is C29H25ClFN5O2. The molecule has 5 aromatic rings. The third-order valence-electron chi connectivity index (χ3n) is 5.98. The van der Waals surface area contributed by atoms with Crippen LogP contribution in [0.3, 0.4) is 0 Å². The van der Waals surface area contributed by atoms with E-state index < -0.39 is 0 Å². The normalized spacial score (nSPS) is 11.0. The van der Waals surface area contributed by atoms with Gasteiger partial charge in [0.2, 0.25) is 0 Å². The fraction of sp³-hybridized carbons (Fsp3) is 0.172. The van der Waals surface area contributed by atoms with Crippen LogP contribution in [0, 0.1) is 5.82 Å². The summed E-state index contributed by atoms with van der Waals surface area (Å²) in [5, 5.41) is 3.41. The summed E-state index contributed by atoms with van der Waals surface area (Å²) < 4.78 is 19.3. The lowest BCUT2D eigenvalue weighted by molar-refractivity contribution is 0.0953. The largest absolute Gasteiger partial charge is 0.494 e. The van der Waals surface area contributed by atoms with Crippen molar-refractivity contribution < 1.29 is 13.9 Å². The molecule has 2 heterocycles. The van der Waals surface area contributed by atoms with Crippen molar-refractivity contribution in [1.29, 1.82) is 0 Å². The summed E-state index contributed by atoms with van der Waals surface area (Å²) in [6.45, 7) is 2.91. The zero-order valence-corrected chi connectivity index (χ0v) is 21.4. The van der Waals surface area contributed by atoms with Crippen molar-refractivity contribution in [3.05, 3.63) is 95.3 Å². The lowest BCUT2D eigenvalue weighted by Gasteiger charge is -2.14. The van der Waals surface area contributed by atoms with E-state index in [4.69, 9.17) is 26.3 Å². The van der Waals surface area contributed by atoms with Crippen molar-refractivity contribution in [3.8, 4) is 28.3 Å². The molecule has 0 aliphatic rings. The van der Waals surface area contributed by atoms with Crippen LogP contribution >= 0.6 is 11.6 Å². The molecule has 0 saturated carbocycles. The standard InChI is InChI=1S/C29H25ClFN5O2/c1-2-38-21-10-11-23(30)22(17-21)28-27(18-5-8-20(31)9-6-18)35-24-12-7-19(16-25(24)36-28)29(37)34-13-3-4-26-32-14-15-33-26/h5-12,14-17H,2-4,13H2,1H3,(H,32,33)(H,34,37). The molecule has 0 aliphatic heterocycles. The third kappa shape index (κ3) is 5.65. The molecule has 1 amide bonds. The first-order valence-electron chi connectivity index (χ1n) is 12.3. The number of carbonyl (C=O) groups is 1. The quantitative estimate of drug-likeness (QED) is 0.220. The number of carbonyl (C=O) groups excluding carboxylic acids is 1. The Morgan fingerprint density at radius 2 is 1.84 bits per heavy atom. The van der Waals surface area contributed by atoms with E-state index >= 15 is 0 Å². The number of benzene rings is 3. The van der Waals surface area contributed by atoms with E-state index in [9.17, 15) is 9.18 Å².